The first-order valence-electron chi connectivity index (χ1n) is 8.39. The van der Waals surface area contributed by atoms with Gasteiger partial charge in [0, 0.05) is 19.2 Å². The van der Waals surface area contributed by atoms with Crippen LogP contribution in [-0.4, -0.2) is 73.1 Å². The quantitative estimate of drug-likeness (QED) is 0.267. The Hall–Kier alpha value is -1.95. The lowest BCUT2D eigenvalue weighted by Gasteiger charge is -2.27. The highest BCUT2D eigenvalue weighted by Crippen LogP contribution is 2.19. The van der Waals surface area contributed by atoms with E-state index in [1.807, 2.05) is 0 Å². The molecule has 0 amide bonds. The Morgan fingerprint density at radius 3 is 1.89 bits per heavy atom. The van der Waals surface area contributed by atoms with Crippen LogP contribution in [0.1, 0.15) is 12.5 Å². The molecule has 0 aliphatic heterocycles. The molecular weight excluding hydrogens is 410 g/mol. The third-order valence-corrected chi connectivity index (χ3v) is 4.46. The lowest BCUT2D eigenvalue weighted by Crippen LogP contribution is -2.31. The lowest BCUT2D eigenvalue weighted by atomic mass is 10.1. The average molecular weight is 436 g/mol. The van der Waals surface area contributed by atoms with E-state index in [4.69, 9.17) is 13.1 Å². The van der Waals surface area contributed by atoms with Crippen molar-refractivity contribution in [1.82, 2.24) is 4.90 Å². The van der Waals surface area contributed by atoms with Crippen LogP contribution in [0.5, 0.6) is 0 Å². The molecule has 0 saturated carbocycles. The lowest BCUT2D eigenvalue weighted by molar-refractivity contribution is -0.137. The second-order valence-electron chi connectivity index (χ2n) is 5.69. The summed E-state index contributed by atoms with van der Waals surface area (Å²) in [4.78, 5) is 13.6. The van der Waals surface area contributed by atoms with Gasteiger partial charge in [-0.15, -0.1) is 0 Å². The van der Waals surface area contributed by atoms with Gasteiger partial charge in [0.25, 0.3) is 20.2 Å². The Balaban J connectivity index is 3.13. The Morgan fingerprint density at radius 2 is 1.46 bits per heavy atom. The maximum absolute atomic E-state index is 12.0. The van der Waals surface area contributed by atoms with Gasteiger partial charge in [-0.1, -0.05) is 30.3 Å². The molecular formula is C17H25NO8S2. The van der Waals surface area contributed by atoms with E-state index in [2.05, 4.69) is 0 Å². The van der Waals surface area contributed by atoms with Gasteiger partial charge in [0.2, 0.25) is 0 Å². The number of carbonyl (C=O) groups excluding carboxylic acids is 1. The summed E-state index contributed by atoms with van der Waals surface area (Å²) in [5, 5.41) is 0. The molecule has 28 heavy (non-hydrogen) atoms. The Labute approximate surface area is 166 Å². The highest BCUT2D eigenvalue weighted by molar-refractivity contribution is 7.86. The van der Waals surface area contributed by atoms with Crippen LogP contribution >= 0.6 is 0 Å². The SMILES string of the molecule is CCOC(=O)/C=C(/c1ccccc1)N(CCOS(C)(=O)=O)CCOS(C)(=O)=O. The minimum Gasteiger partial charge on any atom is -0.463 e. The van der Waals surface area contributed by atoms with Crippen LogP contribution in [0.2, 0.25) is 0 Å². The van der Waals surface area contributed by atoms with Gasteiger partial charge in [-0.3, -0.25) is 8.37 Å². The molecule has 158 valence electrons. The van der Waals surface area contributed by atoms with Gasteiger partial charge < -0.3 is 9.64 Å². The van der Waals surface area contributed by atoms with Crippen molar-refractivity contribution < 1.29 is 34.7 Å². The first-order valence-corrected chi connectivity index (χ1v) is 12.0. The van der Waals surface area contributed by atoms with Crippen molar-refractivity contribution in [2.24, 2.45) is 0 Å². The summed E-state index contributed by atoms with van der Waals surface area (Å²) in [6, 6.07) is 8.86. The number of ether oxygens (including phenoxy) is 1. The summed E-state index contributed by atoms with van der Waals surface area (Å²) in [6.45, 7) is 1.62. The maximum Gasteiger partial charge on any atom is 0.332 e. The second-order valence-corrected chi connectivity index (χ2v) is 8.97. The summed E-state index contributed by atoms with van der Waals surface area (Å²) in [6.07, 6.45) is 3.12. The smallest absolute Gasteiger partial charge is 0.332 e. The number of carbonyl (C=O) groups is 1. The molecule has 1 rings (SSSR count). The fraction of sp³-hybridized carbons (Fsp3) is 0.471. The van der Waals surface area contributed by atoms with Crippen LogP contribution in [0.15, 0.2) is 36.4 Å². The average Bonchev–Trinajstić information content (AvgIpc) is 2.57. The molecule has 0 N–H and O–H groups in total. The molecule has 0 unspecified atom stereocenters. The number of nitrogens with zero attached hydrogens (tertiary/aromatic N) is 1. The Morgan fingerprint density at radius 1 is 0.964 bits per heavy atom. The molecule has 0 aliphatic carbocycles. The fourth-order valence-corrected chi connectivity index (χ4v) is 2.97. The van der Waals surface area contributed by atoms with Crippen molar-refractivity contribution in [2.45, 2.75) is 6.92 Å². The third-order valence-electron chi connectivity index (χ3n) is 3.27. The predicted octanol–water partition coefficient (Wildman–Crippen LogP) is 0.845. The Bertz CT molecular complexity index is 826. The molecule has 0 atom stereocenters. The minimum absolute atomic E-state index is 0.0698. The molecule has 0 radical (unpaired) electrons. The molecule has 0 spiro atoms. The van der Waals surface area contributed by atoms with Gasteiger partial charge >= 0.3 is 5.97 Å². The molecule has 0 fully saturated rings. The molecule has 1 aromatic rings. The van der Waals surface area contributed by atoms with Gasteiger partial charge in [0.1, 0.15) is 0 Å². The van der Waals surface area contributed by atoms with Crippen LogP contribution < -0.4 is 0 Å². The summed E-state index contributed by atoms with van der Waals surface area (Å²) in [5.41, 5.74) is 1.09. The minimum atomic E-state index is -3.65. The first kappa shape index (κ1) is 24.1. The molecule has 11 heteroatoms. The largest absolute Gasteiger partial charge is 0.463 e. The van der Waals surface area contributed by atoms with E-state index in [-0.39, 0.29) is 32.9 Å². The zero-order chi connectivity index (χ0) is 21.2. The maximum atomic E-state index is 12.0. The Kier molecular flexibility index (Phi) is 9.59. The summed E-state index contributed by atoms with van der Waals surface area (Å²) in [7, 11) is -7.30. The summed E-state index contributed by atoms with van der Waals surface area (Å²) in [5.74, 6) is -0.584. The molecule has 0 saturated heterocycles. The molecule has 1 aromatic carbocycles. The van der Waals surface area contributed by atoms with Gasteiger partial charge in [-0.2, -0.15) is 16.8 Å². The number of esters is 1. The van der Waals surface area contributed by atoms with Crippen LogP contribution in [0.3, 0.4) is 0 Å². The monoisotopic (exact) mass is 435 g/mol. The van der Waals surface area contributed by atoms with E-state index in [0.29, 0.717) is 11.3 Å². The molecule has 9 nitrogen and oxygen atoms in total. The highest BCUT2D eigenvalue weighted by Gasteiger charge is 2.16. The first-order chi connectivity index (χ1) is 13.0. The zero-order valence-electron chi connectivity index (χ0n) is 16.0. The fourth-order valence-electron chi connectivity index (χ4n) is 2.21. The van der Waals surface area contributed by atoms with Gasteiger partial charge in [-0.25, -0.2) is 4.79 Å². The summed E-state index contributed by atoms with van der Waals surface area (Å²) < 4.78 is 59.4. The number of hydrogen-bond donors (Lipinski definition) is 0. The molecule has 0 bridgehead atoms. The molecule has 0 heterocycles. The van der Waals surface area contributed by atoms with Crippen molar-refractivity contribution in [3.63, 3.8) is 0 Å². The van der Waals surface area contributed by atoms with Crippen molar-refractivity contribution in [1.29, 1.82) is 0 Å². The number of benzene rings is 1. The van der Waals surface area contributed by atoms with Crippen molar-refractivity contribution >= 4 is 31.9 Å². The topological polar surface area (TPSA) is 116 Å². The van der Waals surface area contributed by atoms with Gasteiger partial charge in [0.15, 0.2) is 0 Å². The van der Waals surface area contributed by atoms with E-state index in [1.165, 1.54) is 6.08 Å². The van der Waals surface area contributed by atoms with E-state index in [0.717, 1.165) is 12.5 Å². The van der Waals surface area contributed by atoms with Crippen molar-refractivity contribution in [3.8, 4) is 0 Å². The zero-order valence-corrected chi connectivity index (χ0v) is 17.7. The third kappa shape index (κ3) is 10.4. The molecule has 0 aromatic heterocycles. The highest BCUT2D eigenvalue weighted by atomic mass is 32.2. The predicted molar refractivity (Wildman–Crippen MR) is 104 cm³/mol. The number of rotatable bonds is 12. The van der Waals surface area contributed by atoms with Gasteiger partial charge in [0.05, 0.1) is 38.0 Å². The van der Waals surface area contributed by atoms with E-state index in [9.17, 15) is 21.6 Å². The van der Waals surface area contributed by atoms with E-state index in [1.54, 1.807) is 42.2 Å². The standard InChI is InChI=1S/C17H25NO8S2/c1-4-24-17(19)14-16(15-8-6-5-7-9-15)18(10-12-25-27(2,20)21)11-13-26-28(3,22)23/h5-9,14H,4,10-13H2,1-3H3/b16-14-. The summed E-state index contributed by atoms with van der Waals surface area (Å²) >= 11 is 0. The van der Waals surface area contributed by atoms with Crippen molar-refractivity contribution in [3.05, 3.63) is 42.0 Å². The van der Waals surface area contributed by atoms with Crippen molar-refractivity contribution in [2.75, 3.05) is 45.4 Å². The van der Waals surface area contributed by atoms with Crippen LogP contribution in [-0.2, 0) is 38.1 Å². The van der Waals surface area contributed by atoms with Crippen LogP contribution in [0, 0.1) is 0 Å². The second kappa shape index (κ2) is 11.1. The van der Waals surface area contributed by atoms with E-state index >= 15 is 0 Å². The van der Waals surface area contributed by atoms with Crippen LogP contribution in [0.25, 0.3) is 5.70 Å². The molecule has 0 aliphatic rings. The number of hydrogen-bond acceptors (Lipinski definition) is 9. The van der Waals surface area contributed by atoms with Crippen LogP contribution in [0.4, 0.5) is 0 Å². The normalized spacial score (nSPS) is 12.6. The van der Waals surface area contributed by atoms with Gasteiger partial charge in [-0.05, 0) is 12.5 Å². The van der Waals surface area contributed by atoms with E-state index < -0.39 is 26.2 Å².